The topological polar surface area (TPSA) is 69.7 Å². The number of carbonyl (C=O) groups is 1. The lowest BCUT2D eigenvalue weighted by atomic mass is 9.78. The number of nitrogens with one attached hydrogen (secondary N) is 1. The van der Waals surface area contributed by atoms with Crippen molar-refractivity contribution in [3.05, 3.63) is 23.2 Å². The molecule has 3 aliphatic rings. The van der Waals surface area contributed by atoms with Gasteiger partial charge in [0.25, 0.3) is 0 Å². The van der Waals surface area contributed by atoms with E-state index in [0.29, 0.717) is 42.3 Å². The minimum atomic E-state index is -3.54. The standard InChI is InChI=1S/C21H30ClN3O3S/c22-18-10-9-17(29(27,28)25-12-3-4-13-25)14-19(18)23-21(26)15-24-11-5-7-16-6-1-2-8-20(16)24/h9-10,14,16,20H,1-8,11-13,15H2,(H,23,26)/t16-,20+/m0/s1. The molecule has 2 heterocycles. The summed E-state index contributed by atoms with van der Waals surface area (Å²) in [6.45, 7) is 2.38. The van der Waals surface area contributed by atoms with Crippen molar-refractivity contribution < 1.29 is 13.2 Å². The average Bonchev–Trinajstić information content (AvgIpc) is 3.26. The molecule has 0 radical (unpaired) electrons. The van der Waals surface area contributed by atoms with Crippen LogP contribution in [0.25, 0.3) is 0 Å². The summed E-state index contributed by atoms with van der Waals surface area (Å²) in [5, 5.41) is 3.22. The van der Waals surface area contributed by atoms with Crippen LogP contribution < -0.4 is 5.32 Å². The summed E-state index contributed by atoms with van der Waals surface area (Å²) >= 11 is 6.27. The smallest absolute Gasteiger partial charge is 0.243 e. The van der Waals surface area contributed by atoms with Crippen molar-refractivity contribution in [2.24, 2.45) is 5.92 Å². The van der Waals surface area contributed by atoms with E-state index in [2.05, 4.69) is 10.2 Å². The molecule has 3 fully saturated rings. The maximum absolute atomic E-state index is 12.8. The van der Waals surface area contributed by atoms with E-state index in [9.17, 15) is 13.2 Å². The Hall–Kier alpha value is -1.15. The van der Waals surface area contributed by atoms with Crippen molar-refractivity contribution in [2.75, 3.05) is 31.5 Å². The summed E-state index contributed by atoms with van der Waals surface area (Å²) in [5.74, 6) is 0.580. The van der Waals surface area contributed by atoms with Crippen molar-refractivity contribution in [3.63, 3.8) is 0 Å². The number of sulfonamides is 1. The summed E-state index contributed by atoms with van der Waals surface area (Å²) in [5.41, 5.74) is 0.370. The van der Waals surface area contributed by atoms with Gasteiger partial charge >= 0.3 is 0 Å². The van der Waals surface area contributed by atoms with Gasteiger partial charge in [-0.1, -0.05) is 24.4 Å². The Morgan fingerprint density at radius 2 is 1.76 bits per heavy atom. The highest BCUT2D eigenvalue weighted by Gasteiger charge is 2.34. The number of fused-ring (bicyclic) bond motifs is 1. The van der Waals surface area contributed by atoms with E-state index >= 15 is 0 Å². The fraction of sp³-hybridized carbons (Fsp3) is 0.667. The van der Waals surface area contributed by atoms with Crippen LogP contribution in [0.2, 0.25) is 5.02 Å². The number of amides is 1. The van der Waals surface area contributed by atoms with Crippen LogP contribution in [0.15, 0.2) is 23.1 Å². The van der Waals surface area contributed by atoms with E-state index in [1.807, 2.05) is 0 Å². The molecule has 1 saturated carbocycles. The van der Waals surface area contributed by atoms with Crippen LogP contribution in [0.5, 0.6) is 0 Å². The van der Waals surface area contributed by atoms with Crippen LogP contribution in [0.1, 0.15) is 51.4 Å². The van der Waals surface area contributed by atoms with E-state index in [1.54, 1.807) is 6.07 Å². The van der Waals surface area contributed by atoms with Crippen LogP contribution in [-0.4, -0.2) is 55.8 Å². The molecule has 1 aromatic carbocycles. The molecule has 2 atom stereocenters. The predicted octanol–water partition coefficient (Wildman–Crippen LogP) is 3.72. The molecule has 6 nitrogen and oxygen atoms in total. The Bertz CT molecular complexity index is 853. The largest absolute Gasteiger partial charge is 0.324 e. The summed E-state index contributed by atoms with van der Waals surface area (Å²) in [6.07, 6.45) is 9.15. The van der Waals surface area contributed by atoms with Crippen molar-refractivity contribution in [1.82, 2.24) is 9.21 Å². The summed E-state index contributed by atoms with van der Waals surface area (Å²) in [4.78, 5) is 15.2. The molecular formula is C21H30ClN3O3S. The van der Waals surface area contributed by atoms with Crippen LogP contribution >= 0.6 is 11.6 Å². The molecule has 8 heteroatoms. The predicted molar refractivity (Wildman–Crippen MR) is 115 cm³/mol. The third-order valence-electron chi connectivity index (χ3n) is 6.62. The fourth-order valence-electron chi connectivity index (χ4n) is 5.14. The molecule has 160 valence electrons. The first-order chi connectivity index (χ1) is 13.9. The molecule has 29 heavy (non-hydrogen) atoms. The highest BCUT2D eigenvalue weighted by molar-refractivity contribution is 7.89. The molecule has 1 aliphatic carbocycles. The van der Waals surface area contributed by atoms with Gasteiger partial charge in [-0.2, -0.15) is 4.31 Å². The zero-order valence-electron chi connectivity index (χ0n) is 16.8. The molecule has 1 N–H and O–H groups in total. The Morgan fingerprint density at radius 1 is 1.03 bits per heavy atom. The number of carbonyl (C=O) groups excluding carboxylic acids is 1. The van der Waals surface area contributed by atoms with Gasteiger partial charge in [0.1, 0.15) is 0 Å². The van der Waals surface area contributed by atoms with E-state index in [-0.39, 0.29) is 10.8 Å². The summed E-state index contributed by atoms with van der Waals surface area (Å²) < 4.78 is 27.1. The maximum atomic E-state index is 12.8. The van der Waals surface area contributed by atoms with Crippen molar-refractivity contribution >= 4 is 33.2 Å². The first kappa shape index (κ1) is 21.1. The van der Waals surface area contributed by atoms with Gasteiger partial charge in [-0.25, -0.2) is 8.42 Å². The Morgan fingerprint density at radius 3 is 2.55 bits per heavy atom. The lowest BCUT2D eigenvalue weighted by molar-refractivity contribution is -0.118. The third kappa shape index (κ3) is 4.63. The number of hydrogen-bond acceptors (Lipinski definition) is 4. The zero-order valence-corrected chi connectivity index (χ0v) is 18.3. The first-order valence-corrected chi connectivity index (χ1v) is 12.6. The number of rotatable bonds is 5. The van der Waals surface area contributed by atoms with Gasteiger partial charge in [0.05, 0.1) is 22.2 Å². The number of halogens is 1. The van der Waals surface area contributed by atoms with E-state index in [1.165, 1.54) is 48.5 Å². The van der Waals surface area contributed by atoms with E-state index in [0.717, 1.165) is 25.8 Å². The van der Waals surface area contributed by atoms with Gasteiger partial charge in [0, 0.05) is 19.1 Å². The maximum Gasteiger partial charge on any atom is 0.243 e. The number of likely N-dealkylation sites (tertiary alicyclic amines) is 1. The normalized spacial score (nSPS) is 26.2. The van der Waals surface area contributed by atoms with Crippen LogP contribution in [0.3, 0.4) is 0 Å². The second kappa shape index (κ2) is 8.92. The Kier molecular flexibility index (Phi) is 6.49. The van der Waals surface area contributed by atoms with Crippen LogP contribution in [-0.2, 0) is 14.8 Å². The average molecular weight is 440 g/mol. The summed E-state index contributed by atoms with van der Waals surface area (Å²) in [7, 11) is -3.54. The Labute approximate surface area is 178 Å². The molecule has 1 amide bonds. The molecule has 0 aromatic heterocycles. The molecule has 2 saturated heterocycles. The molecule has 1 aromatic rings. The quantitative estimate of drug-likeness (QED) is 0.759. The van der Waals surface area contributed by atoms with Crippen LogP contribution in [0.4, 0.5) is 5.69 Å². The monoisotopic (exact) mass is 439 g/mol. The number of benzene rings is 1. The molecular weight excluding hydrogens is 410 g/mol. The van der Waals surface area contributed by atoms with Crippen molar-refractivity contribution in [3.8, 4) is 0 Å². The second-order valence-electron chi connectivity index (χ2n) is 8.53. The lowest BCUT2D eigenvalue weighted by Gasteiger charge is -2.43. The molecule has 2 aliphatic heterocycles. The minimum Gasteiger partial charge on any atom is -0.324 e. The molecule has 0 spiro atoms. The number of piperidine rings is 1. The number of nitrogens with zero attached hydrogens (tertiary/aromatic N) is 2. The molecule has 0 bridgehead atoms. The van der Waals surface area contributed by atoms with Gasteiger partial charge in [-0.3, -0.25) is 9.69 Å². The highest BCUT2D eigenvalue weighted by Crippen LogP contribution is 2.35. The molecule has 4 rings (SSSR count). The lowest BCUT2D eigenvalue weighted by Crippen LogP contribution is -2.49. The number of anilines is 1. The highest BCUT2D eigenvalue weighted by atomic mass is 35.5. The summed E-state index contributed by atoms with van der Waals surface area (Å²) in [6, 6.07) is 5.06. The molecule has 0 unspecified atom stereocenters. The Balaban J connectivity index is 1.45. The SMILES string of the molecule is O=C(CN1CCC[C@@H]2CCCC[C@H]21)Nc1cc(S(=O)(=O)N2CCCC2)ccc1Cl. The number of hydrogen-bond donors (Lipinski definition) is 1. The second-order valence-corrected chi connectivity index (χ2v) is 10.9. The third-order valence-corrected chi connectivity index (χ3v) is 8.84. The van der Waals surface area contributed by atoms with Gasteiger partial charge in [-0.05, 0) is 69.2 Å². The van der Waals surface area contributed by atoms with Crippen LogP contribution in [0, 0.1) is 5.92 Å². The van der Waals surface area contributed by atoms with E-state index < -0.39 is 10.0 Å². The minimum absolute atomic E-state index is 0.131. The van der Waals surface area contributed by atoms with Crippen molar-refractivity contribution in [1.29, 1.82) is 0 Å². The van der Waals surface area contributed by atoms with Gasteiger partial charge in [0.15, 0.2) is 0 Å². The van der Waals surface area contributed by atoms with Crippen molar-refractivity contribution in [2.45, 2.75) is 62.3 Å². The first-order valence-electron chi connectivity index (χ1n) is 10.8. The van der Waals surface area contributed by atoms with Gasteiger partial charge in [0.2, 0.25) is 15.9 Å². The zero-order chi connectivity index (χ0) is 20.4. The fourth-order valence-corrected chi connectivity index (χ4v) is 6.85. The van der Waals surface area contributed by atoms with E-state index in [4.69, 9.17) is 11.6 Å². The van der Waals surface area contributed by atoms with Gasteiger partial charge in [-0.15, -0.1) is 0 Å². The van der Waals surface area contributed by atoms with Gasteiger partial charge < -0.3 is 5.32 Å².